The summed E-state index contributed by atoms with van der Waals surface area (Å²) in [5, 5.41) is 12.7. The molecule has 0 aromatic rings. The third kappa shape index (κ3) is 1.91. The van der Waals surface area contributed by atoms with Gasteiger partial charge >= 0.3 is 0 Å². The summed E-state index contributed by atoms with van der Waals surface area (Å²) >= 11 is 0. The second-order valence-corrected chi connectivity index (χ2v) is 3.00. The second-order valence-electron chi connectivity index (χ2n) is 3.00. The monoisotopic (exact) mass is 158 g/mol. The Morgan fingerprint density at radius 3 is 2.82 bits per heavy atom. The van der Waals surface area contributed by atoms with Gasteiger partial charge in [0.15, 0.2) is 0 Å². The van der Waals surface area contributed by atoms with E-state index < -0.39 is 11.5 Å². The molecule has 0 bridgehead atoms. The molecule has 0 spiro atoms. The Balaban J connectivity index is 2.59. The van der Waals surface area contributed by atoms with Gasteiger partial charge in [-0.3, -0.25) is 4.79 Å². The lowest BCUT2D eigenvalue weighted by atomic mass is 9.94. The van der Waals surface area contributed by atoms with Crippen LogP contribution in [0.1, 0.15) is 19.3 Å². The third-order valence-electron chi connectivity index (χ3n) is 2.12. The van der Waals surface area contributed by atoms with Crippen LogP contribution < -0.4 is 11.1 Å². The van der Waals surface area contributed by atoms with Crippen LogP contribution in [0.5, 0.6) is 0 Å². The van der Waals surface area contributed by atoms with Crippen molar-refractivity contribution in [3.05, 3.63) is 0 Å². The SMILES string of the molecule is NC(=O)C1(O)CCCNCC1. The van der Waals surface area contributed by atoms with Crippen LogP contribution in [-0.4, -0.2) is 29.7 Å². The Labute approximate surface area is 65.8 Å². The summed E-state index contributed by atoms with van der Waals surface area (Å²) in [5.74, 6) is -0.596. The van der Waals surface area contributed by atoms with Crippen molar-refractivity contribution in [1.82, 2.24) is 5.32 Å². The van der Waals surface area contributed by atoms with Crippen LogP contribution in [0.15, 0.2) is 0 Å². The molecule has 1 aliphatic heterocycles. The highest BCUT2D eigenvalue weighted by Crippen LogP contribution is 2.18. The van der Waals surface area contributed by atoms with Crippen LogP contribution in [0.3, 0.4) is 0 Å². The molecule has 0 aromatic heterocycles. The quantitative estimate of drug-likeness (QED) is 0.457. The van der Waals surface area contributed by atoms with E-state index in [9.17, 15) is 9.90 Å². The van der Waals surface area contributed by atoms with Gasteiger partial charge < -0.3 is 16.2 Å². The Kier molecular flexibility index (Phi) is 2.46. The van der Waals surface area contributed by atoms with Gasteiger partial charge in [0.2, 0.25) is 5.91 Å². The molecule has 1 fully saturated rings. The van der Waals surface area contributed by atoms with Gasteiger partial charge in [0, 0.05) is 0 Å². The van der Waals surface area contributed by atoms with Crippen molar-refractivity contribution in [2.45, 2.75) is 24.9 Å². The van der Waals surface area contributed by atoms with Gasteiger partial charge in [-0.05, 0) is 32.4 Å². The maximum Gasteiger partial charge on any atom is 0.249 e. The lowest BCUT2D eigenvalue weighted by Gasteiger charge is -2.21. The number of hydrogen-bond acceptors (Lipinski definition) is 3. The first-order valence-corrected chi connectivity index (χ1v) is 3.88. The van der Waals surface area contributed by atoms with Crippen molar-refractivity contribution in [3.63, 3.8) is 0 Å². The highest BCUT2D eigenvalue weighted by Gasteiger charge is 2.33. The molecule has 64 valence electrons. The molecule has 4 heteroatoms. The summed E-state index contributed by atoms with van der Waals surface area (Å²) in [6.07, 6.45) is 1.72. The molecular weight excluding hydrogens is 144 g/mol. The van der Waals surface area contributed by atoms with E-state index in [1.165, 1.54) is 0 Å². The number of nitrogens with one attached hydrogen (secondary N) is 1. The van der Waals surface area contributed by atoms with E-state index in [1.807, 2.05) is 0 Å². The molecule has 4 N–H and O–H groups in total. The number of nitrogens with two attached hydrogens (primary N) is 1. The van der Waals surface area contributed by atoms with E-state index in [1.54, 1.807) is 0 Å². The number of aliphatic hydroxyl groups is 1. The van der Waals surface area contributed by atoms with Gasteiger partial charge in [0.05, 0.1) is 0 Å². The first-order valence-electron chi connectivity index (χ1n) is 3.88. The van der Waals surface area contributed by atoms with Gasteiger partial charge in [-0.2, -0.15) is 0 Å². The van der Waals surface area contributed by atoms with E-state index in [4.69, 9.17) is 5.73 Å². The van der Waals surface area contributed by atoms with Crippen molar-refractivity contribution in [1.29, 1.82) is 0 Å². The molecule has 1 rings (SSSR count). The highest BCUT2D eigenvalue weighted by molar-refractivity contribution is 5.83. The van der Waals surface area contributed by atoms with Crippen LogP contribution >= 0.6 is 0 Å². The average molecular weight is 158 g/mol. The number of rotatable bonds is 1. The van der Waals surface area contributed by atoms with Crippen molar-refractivity contribution >= 4 is 5.91 Å². The minimum Gasteiger partial charge on any atom is -0.380 e. The topological polar surface area (TPSA) is 75.4 Å². The minimum atomic E-state index is -1.26. The number of hydrogen-bond donors (Lipinski definition) is 3. The zero-order valence-electron chi connectivity index (χ0n) is 6.47. The van der Waals surface area contributed by atoms with Gasteiger partial charge in [0.25, 0.3) is 0 Å². The fourth-order valence-corrected chi connectivity index (χ4v) is 1.30. The second kappa shape index (κ2) is 3.19. The van der Waals surface area contributed by atoms with Crippen LogP contribution in [0.4, 0.5) is 0 Å². The van der Waals surface area contributed by atoms with Crippen LogP contribution in [0.2, 0.25) is 0 Å². The molecule has 1 aliphatic rings. The van der Waals surface area contributed by atoms with Crippen LogP contribution in [-0.2, 0) is 4.79 Å². The van der Waals surface area contributed by atoms with Crippen LogP contribution in [0, 0.1) is 0 Å². The van der Waals surface area contributed by atoms with Gasteiger partial charge in [0.1, 0.15) is 5.60 Å². The maximum absolute atomic E-state index is 10.8. The Bertz CT molecular complexity index is 151. The van der Waals surface area contributed by atoms with E-state index in [0.717, 1.165) is 13.0 Å². The fraction of sp³-hybridized carbons (Fsp3) is 0.857. The maximum atomic E-state index is 10.8. The summed E-state index contributed by atoms with van der Waals surface area (Å²) in [6.45, 7) is 1.52. The molecule has 1 unspecified atom stereocenters. The zero-order valence-corrected chi connectivity index (χ0v) is 6.47. The van der Waals surface area contributed by atoms with Crippen molar-refractivity contribution in [3.8, 4) is 0 Å². The van der Waals surface area contributed by atoms with Crippen molar-refractivity contribution < 1.29 is 9.90 Å². The predicted octanol–water partition coefficient (Wildman–Crippen LogP) is -1.02. The lowest BCUT2D eigenvalue weighted by molar-refractivity contribution is -0.137. The average Bonchev–Trinajstić information content (AvgIpc) is 2.15. The van der Waals surface area contributed by atoms with E-state index >= 15 is 0 Å². The summed E-state index contributed by atoms with van der Waals surface area (Å²) in [4.78, 5) is 10.8. The fourth-order valence-electron chi connectivity index (χ4n) is 1.30. The number of carbonyl (C=O) groups excluding carboxylic acids is 1. The number of primary amides is 1. The van der Waals surface area contributed by atoms with Gasteiger partial charge in [-0.15, -0.1) is 0 Å². The molecule has 1 saturated heterocycles. The molecule has 11 heavy (non-hydrogen) atoms. The van der Waals surface area contributed by atoms with Crippen molar-refractivity contribution in [2.24, 2.45) is 5.73 Å². The largest absolute Gasteiger partial charge is 0.380 e. The summed E-state index contributed by atoms with van der Waals surface area (Å²) in [5.41, 5.74) is 3.79. The van der Waals surface area contributed by atoms with Gasteiger partial charge in [-0.25, -0.2) is 0 Å². The molecule has 0 aliphatic carbocycles. The summed E-state index contributed by atoms with van der Waals surface area (Å²) in [6, 6.07) is 0. The van der Waals surface area contributed by atoms with Crippen LogP contribution in [0.25, 0.3) is 0 Å². The third-order valence-corrected chi connectivity index (χ3v) is 2.12. The van der Waals surface area contributed by atoms with E-state index in [2.05, 4.69) is 5.32 Å². The summed E-state index contributed by atoms with van der Waals surface area (Å²) < 4.78 is 0. The van der Waals surface area contributed by atoms with E-state index in [0.29, 0.717) is 19.4 Å². The predicted molar refractivity (Wildman–Crippen MR) is 40.9 cm³/mol. The Morgan fingerprint density at radius 1 is 1.45 bits per heavy atom. The molecule has 0 aromatic carbocycles. The van der Waals surface area contributed by atoms with Crippen molar-refractivity contribution in [2.75, 3.05) is 13.1 Å². The lowest BCUT2D eigenvalue weighted by Crippen LogP contribution is -2.44. The zero-order chi connectivity index (χ0) is 8.32. The highest BCUT2D eigenvalue weighted by atomic mass is 16.3. The Hall–Kier alpha value is -0.610. The number of carbonyl (C=O) groups is 1. The normalized spacial score (nSPS) is 32.8. The summed E-state index contributed by atoms with van der Waals surface area (Å²) in [7, 11) is 0. The first-order chi connectivity index (χ1) is 5.15. The smallest absolute Gasteiger partial charge is 0.249 e. The minimum absolute atomic E-state index is 0.433. The molecule has 4 nitrogen and oxygen atoms in total. The number of amides is 1. The molecule has 0 saturated carbocycles. The van der Waals surface area contributed by atoms with Gasteiger partial charge in [-0.1, -0.05) is 0 Å². The molecule has 1 heterocycles. The van der Waals surface area contributed by atoms with E-state index in [-0.39, 0.29) is 0 Å². The Morgan fingerprint density at radius 2 is 2.18 bits per heavy atom. The molecule has 1 amide bonds. The molecule has 0 radical (unpaired) electrons. The molecular formula is C7H14N2O2. The first kappa shape index (κ1) is 8.49. The molecule has 1 atom stereocenters. The standard InChI is InChI=1S/C7H14N2O2/c8-6(10)7(11)2-1-4-9-5-3-7/h9,11H,1-5H2,(H2,8,10).